The number of nitrogens with one attached hydrogen (secondary N) is 2. The van der Waals surface area contributed by atoms with Gasteiger partial charge in [0, 0.05) is 55.1 Å². The molecule has 42 heavy (non-hydrogen) atoms. The minimum absolute atomic E-state index is 0.0594. The molecule has 11 nitrogen and oxygen atoms in total. The first-order valence-corrected chi connectivity index (χ1v) is 12.9. The maximum Gasteiger partial charge on any atom is 0.418 e. The molecule has 3 amide bonds. The van der Waals surface area contributed by atoms with Crippen LogP contribution in [0.25, 0.3) is 5.69 Å². The quantitative estimate of drug-likeness (QED) is 0.306. The Morgan fingerprint density at radius 3 is 2.57 bits per heavy atom. The highest BCUT2D eigenvalue weighted by atomic mass is 19.4. The third-order valence-corrected chi connectivity index (χ3v) is 6.77. The molecular formula is C28H27F3N8O3. The van der Waals surface area contributed by atoms with Crippen LogP contribution in [0, 0.1) is 6.92 Å². The van der Waals surface area contributed by atoms with Crippen LogP contribution in [0.1, 0.15) is 34.2 Å². The van der Waals surface area contributed by atoms with Crippen LogP contribution in [0.4, 0.5) is 41.1 Å². The smallest absolute Gasteiger partial charge is 0.418 e. The van der Waals surface area contributed by atoms with E-state index in [1.54, 1.807) is 26.2 Å². The fraction of sp³-hybridized carbons (Fsp3) is 0.250. The van der Waals surface area contributed by atoms with Crippen LogP contribution in [-0.2, 0) is 12.7 Å². The zero-order valence-corrected chi connectivity index (χ0v) is 23.2. The van der Waals surface area contributed by atoms with Crippen molar-refractivity contribution >= 4 is 35.1 Å². The highest BCUT2D eigenvalue weighted by molar-refractivity contribution is 6.08. The van der Waals surface area contributed by atoms with E-state index in [0.29, 0.717) is 35.4 Å². The van der Waals surface area contributed by atoms with Gasteiger partial charge in [-0.2, -0.15) is 18.2 Å². The highest BCUT2D eigenvalue weighted by Crippen LogP contribution is 2.37. The van der Waals surface area contributed by atoms with Crippen molar-refractivity contribution in [1.82, 2.24) is 19.5 Å². The molecule has 0 atom stereocenters. The summed E-state index contributed by atoms with van der Waals surface area (Å²) in [4.78, 5) is 42.4. The number of alkyl halides is 3. The lowest BCUT2D eigenvalue weighted by Crippen LogP contribution is -2.48. The Morgan fingerprint density at radius 2 is 1.93 bits per heavy atom. The number of carbonyl (C=O) groups excluding carboxylic acids is 2. The van der Waals surface area contributed by atoms with Crippen LogP contribution < -0.4 is 25.2 Å². The Kier molecular flexibility index (Phi) is 7.45. The highest BCUT2D eigenvalue weighted by Gasteiger charge is 2.35. The summed E-state index contributed by atoms with van der Waals surface area (Å²) in [5, 5.41) is 5.40. The number of amides is 3. The molecular weight excluding hydrogens is 553 g/mol. The number of aryl methyl sites for hydroxylation is 1. The average Bonchev–Trinajstić information content (AvgIpc) is 3.41. The molecule has 3 heterocycles. The molecule has 2 aromatic carbocycles. The first-order valence-electron chi connectivity index (χ1n) is 12.9. The molecule has 0 aliphatic carbocycles. The van der Waals surface area contributed by atoms with Gasteiger partial charge in [-0.25, -0.2) is 14.8 Å². The van der Waals surface area contributed by atoms with Crippen molar-refractivity contribution in [2.24, 2.45) is 0 Å². The molecule has 2 aromatic heterocycles. The van der Waals surface area contributed by atoms with Gasteiger partial charge in [-0.15, -0.1) is 0 Å². The minimum atomic E-state index is -4.69. The average molecular weight is 581 g/mol. The zero-order valence-electron chi connectivity index (χ0n) is 23.2. The summed E-state index contributed by atoms with van der Waals surface area (Å²) in [5.74, 6) is 0.827. The van der Waals surface area contributed by atoms with Gasteiger partial charge in [-0.3, -0.25) is 14.6 Å². The molecule has 14 heteroatoms. The van der Waals surface area contributed by atoms with E-state index in [-0.39, 0.29) is 35.3 Å². The standard InChI is InChI=1S/C28H27F3N8O3/c1-5-37-24-18(14-34-26(32-3)36-24)15-39(27(37)41)20-10-17(11-21(13-20)42-4)25(40)35-19-6-7-23(22(12-19)28(29,30)31)38-9-8-33-16(38)2/h6-14H,5,15H2,1-4H3,(H,35,40)(H,32,34,36). The van der Waals surface area contributed by atoms with E-state index >= 15 is 0 Å². The maximum absolute atomic E-state index is 14.0. The minimum Gasteiger partial charge on any atom is -0.497 e. The van der Waals surface area contributed by atoms with Gasteiger partial charge in [0.2, 0.25) is 5.95 Å². The van der Waals surface area contributed by atoms with Crippen molar-refractivity contribution < 1.29 is 27.5 Å². The van der Waals surface area contributed by atoms with Crippen molar-refractivity contribution in [3.63, 3.8) is 0 Å². The van der Waals surface area contributed by atoms with Gasteiger partial charge >= 0.3 is 12.2 Å². The first-order chi connectivity index (χ1) is 20.0. The van der Waals surface area contributed by atoms with E-state index in [9.17, 15) is 22.8 Å². The summed E-state index contributed by atoms with van der Waals surface area (Å²) in [6.45, 7) is 3.86. The second-order valence-corrected chi connectivity index (χ2v) is 9.35. The lowest BCUT2D eigenvalue weighted by Gasteiger charge is -2.35. The lowest BCUT2D eigenvalue weighted by atomic mass is 10.1. The Bertz CT molecular complexity index is 1670. The van der Waals surface area contributed by atoms with Gasteiger partial charge < -0.3 is 19.9 Å². The first kappa shape index (κ1) is 28.4. The van der Waals surface area contributed by atoms with Crippen LogP contribution in [0.15, 0.2) is 55.0 Å². The molecule has 0 saturated carbocycles. The monoisotopic (exact) mass is 580 g/mol. The zero-order chi connectivity index (χ0) is 30.2. The van der Waals surface area contributed by atoms with Crippen LogP contribution in [0.2, 0.25) is 0 Å². The number of hydrogen-bond acceptors (Lipinski definition) is 7. The summed E-state index contributed by atoms with van der Waals surface area (Å²) >= 11 is 0. The Balaban J connectivity index is 1.47. The number of nitrogens with zero attached hydrogens (tertiary/aromatic N) is 6. The number of aromatic nitrogens is 4. The van der Waals surface area contributed by atoms with E-state index in [1.807, 2.05) is 6.92 Å². The Morgan fingerprint density at radius 1 is 1.14 bits per heavy atom. The third kappa shape index (κ3) is 5.30. The van der Waals surface area contributed by atoms with Crippen LogP contribution in [0.5, 0.6) is 5.75 Å². The van der Waals surface area contributed by atoms with E-state index < -0.39 is 17.6 Å². The van der Waals surface area contributed by atoms with Gasteiger partial charge in [0.05, 0.1) is 30.6 Å². The predicted molar refractivity (Wildman–Crippen MR) is 150 cm³/mol. The van der Waals surface area contributed by atoms with Crippen molar-refractivity contribution in [1.29, 1.82) is 0 Å². The van der Waals surface area contributed by atoms with E-state index in [1.165, 1.54) is 58.1 Å². The molecule has 1 aliphatic rings. The molecule has 1 aliphatic heterocycles. The number of benzene rings is 2. The molecule has 2 N–H and O–H groups in total. The normalized spacial score (nSPS) is 13.2. The maximum atomic E-state index is 14.0. The van der Waals surface area contributed by atoms with Gasteiger partial charge in [0.1, 0.15) is 17.4 Å². The summed E-state index contributed by atoms with van der Waals surface area (Å²) in [5.41, 5.74) is 0.0139. The van der Waals surface area contributed by atoms with Gasteiger partial charge in [-0.1, -0.05) is 0 Å². The van der Waals surface area contributed by atoms with Gasteiger partial charge in [0.15, 0.2) is 0 Å². The number of imidazole rings is 1. The number of fused-ring (bicyclic) bond motifs is 1. The van der Waals surface area contributed by atoms with Crippen LogP contribution in [0.3, 0.4) is 0 Å². The SMILES string of the molecule is CCN1C(=O)N(c2cc(OC)cc(C(=O)Nc3ccc(-n4ccnc4C)c(C(F)(F)F)c3)c2)Cc2cnc(NC)nc21. The molecule has 5 rings (SSSR count). The number of methoxy groups -OCH3 is 1. The largest absolute Gasteiger partial charge is 0.497 e. The fourth-order valence-electron chi connectivity index (χ4n) is 4.70. The Labute approximate surface area is 239 Å². The molecule has 218 valence electrons. The summed E-state index contributed by atoms with van der Waals surface area (Å²) in [6.07, 6.45) is -0.230. The number of urea groups is 1. The number of rotatable bonds is 7. The predicted octanol–water partition coefficient (Wildman–Crippen LogP) is 5.26. The number of anilines is 4. The number of carbonyl (C=O) groups is 2. The molecule has 0 radical (unpaired) electrons. The summed E-state index contributed by atoms with van der Waals surface area (Å²) in [6, 6.07) is 7.67. The van der Waals surface area contributed by atoms with Crippen molar-refractivity contribution in [3.05, 3.63) is 77.5 Å². The summed E-state index contributed by atoms with van der Waals surface area (Å²) in [7, 11) is 3.09. The number of hydrogen-bond donors (Lipinski definition) is 2. The molecule has 0 spiro atoms. The molecule has 0 saturated heterocycles. The molecule has 0 bridgehead atoms. The molecule has 4 aromatic rings. The summed E-state index contributed by atoms with van der Waals surface area (Å²) < 4.78 is 48.7. The van der Waals surface area contributed by atoms with Crippen LogP contribution in [-0.4, -0.2) is 52.2 Å². The van der Waals surface area contributed by atoms with Gasteiger partial charge in [0.25, 0.3) is 5.91 Å². The number of halogens is 3. The van der Waals surface area contributed by atoms with E-state index in [2.05, 4.69) is 25.6 Å². The molecule has 0 unspecified atom stereocenters. The number of ether oxygens (including phenoxy) is 1. The topological polar surface area (TPSA) is 118 Å². The lowest BCUT2D eigenvalue weighted by molar-refractivity contribution is -0.137. The van der Waals surface area contributed by atoms with Crippen molar-refractivity contribution in [3.8, 4) is 11.4 Å². The van der Waals surface area contributed by atoms with Crippen molar-refractivity contribution in [2.45, 2.75) is 26.6 Å². The third-order valence-electron chi connectivity index (χ3n) is 6.77. The van der Waals surface area contributed by atoms with Crippen molar-refractivity contribution in [2.75, 3.05) is 41.1 Å². The fourth-order valence-corrected chi connectivity index (χ4v) is 4.70. The second-order valence-electron chi connectivity index (χ2n) is 9.35. The molecule has 0 fully saturated rings. The Hall–Kier alpha value is -5.14. The second kappa shape index (κ2) is 11.0. The van der Waals surface area contributed by atoms with Gasteiger partial charge in [-0.05, 0) is 44.2 Å². The van der Waals surface area contributed by atoms with E-state index in [4.69, 9.17) is 4.74 Å². The van der Waals surface area contributed by atoms with Crippen LogP contribution >= 0.6 is 0 Å². The van der Waals surface area contributed by atoms with E-state index in [0.717, 1.165) is 6.07 Å².